The molecule has 0 aliphatic carbocycles. The van der Waals surface area contributed by atoms with E-state index in [9.17, 15) is 28.8 Å². The lowest BCUT2D eigenvalue weighted by Crippen LogP contribution is -2.45. The molecule has 4 unspecified atom stereocenters. The van der Waals surface area contributed by atoms with E-state index >= 15 is 0 Å². The number of allylic oxidation sites excluding steroid dienone is 2. The highest BCUT2D eigenvalue weighted by Gasteiger charge is 2.43. The smallest absolute Gasteiger partial charge is 0.333 e. The van der Waals surface area contributed by atoms with E-state index in [4.69, 9.17) is 60.0 Å². The van der Waals surface area contributed by atoms with Crippen LogP contribution in [0, 0.1) is 13.8 Å². The van der Waals surface area contributed by atoms with Crippen molar-refractivity contribution in [1.82, 2.24) is 38.7 Å². The number of hydrogen-bond donors (Lipinski definition) is 2. The number of nitrogens with one attached hydrogen (secondary N) is 2. The average molecular weight is 1360 g/mol. The van der Waals surface area contributed by atoms with Crippen molar-refractivity contribution in [3.8, 4) is 0 Å². The number of aromatic nitrogens is 4. The van der Waals surface area contributed by atoms with Crippen molar-refractivity contribution in [2.45, 2.75) is 239 Å². The molecule has 0 spiro atoms. The van der Waals surface area contributed by atoms with Gasteiger partial charge in [0.15, 0.2) is 0 Å². The Kier molecular flexibility index (Phi) is 33.7. The molecule has 12 atom stereocenters. The fraction of sp³-hybridized carbons (Fsp3) is 0.714. The first kappa shape index (κ1) is 79.5. The molecule has 4 fully saturated rings. The number of hydrogen-bond acceptors (Lipinski definition) is 18. The van der Waals surface area contributed by atoms with Gasteiger partial charge in [0.2, 0.25) is 0 Å². The Morgan fingerprint density at radius 2 is 0.784 bits per heavy atom. The van der Waals surface area contributed by atoms with Gasteiger partial charge in [-0.15, -0.1) is 0 Å². The summed E-state index contributed by atoms with van der Waals surface area (Å²) in [5.41, 5.74) is 37.5. The van der Waals surface area contributed by atoms with Gasteiger partial charge in [-0.3, -0.25) is 37.7 Å². The van der Waals surface area contributed by atoms with Gasteiger partial charge in [0.05, 0.1) is 75.0 Å². The zero-order valence-corrected chi connectivity index (χ0v) is 57.7. The summed E-state index contributed by atoms with van der Waals surface area (Å²) in [6.45, 7) is 31.2. The first-order chi connectivity index (χ1) is 46.7. The van der Waals surface area contributed by atoms with Crippen LogP contribution in [0.2, 0.25) is 0 Å². The summed E-state index contributed by atoms with van der Waals surface area (Å²) in [5, 5.41) is 20.5. The Balaban J connectivity index is 0.000000234. The molecule has 34 nitrogen and oxygen atoms in total. The molecule has 0 radical (unpaired) electrons. The maximum absolute atomic E-state index is 12.8. The van der Waals surface area contributed by atoms with Gasteiger partial charge in [-0.25, -0.2) is 19.2 Å². The second-order valence-electron chi connectivity index (χ2n) is 24.1. The van der Waals surface area contributed by atoms with E-state index in [1.54, 1.807) is 26.2 Å². The molecule has 6 aliphatic heterocycles. The summed E-state index contributed by atoms with van der Waals surface area (Å²) in [5.74, 6) is 0. The highest BCUT2D eigenvalue weighted by atomic mass is 16.6. The maximum Gasteiger partial charge on any atom is 0.333 e. The molecule has 8 heterocycles. The Morgan fingerprint density at radius 3 is 1.10 bits per heavy atom. The summed E-state index contributed by atoms with van der Waals surface area (Å²) in [7, 11) is 0. The van der Waals surface area contributed by atoms with E-state index in [0.717, 1.165) is 62.5 Å². The van der Waals surface area contributed by atoms with Crippen molar-refractivity contribution < 1.29 is 47.5 Å². The van der Waals surface area contributed by atoms with Gasteiger partial charge in [0.1, 0.15) is 24.9 Å². The molecule has 2 aromatic heterocycles. The molecule has 0 bridgehead atoms. The van der Waals surface area contributed by atoms with Gasteiger partial charge in [-0.1, -0.05) is 94.4 Å². The van der Waals surface area contributed by atoms with Crippen LogP contribution in [0.3, 0.4) is 0 Å². The van der Waals surface area contributed by atoms with Crippen LogP contribution in [0.5, 0.6) is 0 Å². The minimum atomic E-state index is -0.583. The Morgan fingerprint density at radius 1 is 0.464 bits per heavy atom. The van der Waals surface area contributed by atoms with Crippen molar-refractivity contribution in [3.05, 3.63) is 155 Å². The summed E-state index contributed by atoms with van der Waals surface area (Å²) in [6, 6.07) is -2.11. The van der Waals surface area contributed by atoms with Crippen molar-refractivity contribution in [1.29, 1.82) is 0 Å². The Labute approximate surface area is 564 Å². The third-order valence-electron chi connectivity index (χ3n) is 16.5. The van der Waals surface area contributed by atoms with Crippen LogP contribution >= 0.6 is 0 Å². The minimum absolute atomic E-state index is 0.270. The number of urea groups is 2. The SMILES string of the molecule is C=C1NC(=O)N([C@H]2CC(N=[N+]=[N-])[C@@H](COCCC)O2)C=C1C.C=C1NC(=O)N([C@H]2CC(N=[N+]=[N-])[C@@H](COCCCC)O2)C=C1C.CCCCOC[C@H]1O[C@@H](n2cc(C)c(=O)n(CCCC)c2=O)CC1N=[N+]=[N-].CCCOC[C@H]1O[C@@H](n2cc(C)c(=O)n(CCC)c2=O)CC1N=[N+]=[N-]. The van der Waals surface area contributed by atoms with Crippen LogP contribution in [0.1, 0.15) is 162 Å². The maximum atomic E-state index is 12.8. The fourth-order valence-corrected chi connectivity index (χ4v) is 11.0. The first-order valence-electron chi connectivity index (χ1n) is 33.4. The number of azide groups is 4. The molecule has 0 saturated carbocycles. The van der Waals surface area contributed by atoms with Crippen LogP contribution in [0.25, 0.3) is 41.8 Å². The molecule has 2 N–H and O–H groups in total. The van der Waals surface area contributed by atoms with E-state index in [1.165, 1.54) is 40.5 Å². The second kappa shape index (κ2) is 41.1. The number of unbranched alkanes of at least 4 members (excludes halogenated alkanes) is 3. The van der Waals surface area contributed by atoms with Crippen molar-refractivity contribution in [2.24, 2.45) is 20.5 Å². The predicted molar refractivity (Wildman–Crippen MR) is 360 cm³/mol. The van der Waals surface area contributed by atoms with Gasteiger partial charge in [0, 0.05) is 132 Å². The number of rotatable bonds is 31. The lowest BCUT2D eigenvalue weighted by atomic mass is 10.1. The number of amides is 4. The van der Waals surface area contributed by atoms with Crippen molar-refractivity contribution in [2.75, 3.05) is 52.9 Å². The quantitative estimate of drug-likeness (QED) is 0.0307. The molecule has 6 aliphatic rings. The standard InChI is InChI=1S/C18H29N5O4.C16H25N5O4.C15H23N5O3.C14H21N5O3/c1-4-6-8-22-17(24)13(3)11-23(18(22)25)16-10-14(20-21-19)15(27-16)12-26-9-7-5-2;1-4-6-20-15(22)11(3)9-21(16(20)23)14-8-12(18-19-17)13(25-14)10-24-7-5-2;1-4-5-6-22-9-13-12(18-19-16)7-14(23-13)20-8-10(2)11(3)17-15(20)21;1-4-5-21-8-12-11(17-18-15)6-13(22-12)19-7-9(2)10(3)16-14(19)20/h11,14-16H,4-10,12H2,1-3H3;9,12-14H,4-8,10H2,1-3H3;8,12-14H,3-7,9H2,1-2H3,(H,17,21);7,11-13H,3-6,8H2,1-2H3,(H,16,20)/t14?,15-,16-;2*12?,13-,14-;11?,12-,13-/m1111/s1. The Hall–Kier alpha value is -8.22. The van der Waals surface area contributed by atoms with E-state index in [2.05, 4.69) is 77.7 Å². The lowest BCUT2D eigenvalue weighted by molar-refractivity contribution is -0.0540. The molecule has 0 aromatic carbocycles. The van der Waals surface area contributed by atoms with Crippen LogP contribution in [0.15, 0.2) is 100 Å². The average Bonchev–Trinajstić information content (AvgIpc) is 1.78. The van der Waals surface area contributed by atoms with Crippen molar-refractivity contribution in [3.63, 3.8) is 0 Å². The highest BCUT2D eigenvalue weighted by Crippen LogP contribution is 2.34. The van der Waals surface area contributed by atoms with E-state index in [0.29, 0.717) is 121 Å². The van der Waals surface area contributed by atoms with Gasteiger partial charge >= 0.3 is 23.4 Å². The second-order valence-corrected chi connectivity index (χ2v) is 24.1. The predicted octanol–water partition coefficient (Wildman–Crippen LogP) is 10.7. The van der Waals surface area contributed by atoms with Gasteiger partial charge in [-0.05, 0) is 99.5 Å². The zero-order valence-electron chi connectivity index (χ0n) is 57.7. The summed E-state index contributed by atoms with van der Waals surface area (Å²) in [6.07, 6.45) is 12.5. The third kappa shape index (κ3) is 22.7. The molecule has 97 heavy (non-hydrogen) atoms. The lowest BCUT2D eigenvalue weighted by Gasteiger charge is -2.30. The number of aryl methyl sites for hydroxylation is 2. The van der Waals surface area contributed by atoms with Crippen molar-refractivity contribution >= 4 is 12.1 Å². The van der Waals surface area contributed by atoms with Gasteiger partial charge in [-0.2, -0.15) is 0 Å². The Bertz CT molecular complexity index is 3490. The topological polar surface area (TPSA) is 422 Å². The fourth-order valence-electron chi connectivity index (χ4n) is 11.0. The molecule has 4 saturated heterocycles. The van der Waals surface area contributed by atoms with Gasteiger partial charge in [0.25, 0.3) is 11.1 Å². The number of ether oxygens (including phenoxy) is 8. The number of carbonyl (C=O) groups excluding carboxylic acids is 2. The molecule has 2 aromatic rings. The summed E-state index contributed by atoms with van der Waals surface area (Å²) < 4.78 is 51.2. The monoisotopic (exact) mass is 1360 g/mol. The van der Waals surface area contributed by atoms with Crippen LogP contribution in [0.4, 0.5) is 9.59 Å². The van der Waals surface area contributed by atoms with E-state index < -0.39 is 60.6 Å². The minimum Gasteiger partial charge on any atom is -0.379 e. The van der Waals surface area contributed by atoms with Crippen LogP contribution in [-0.4, -0.2) is 154 Å². The molecular formula is C63H98N20O14. The molecular weight excluding hydrogens is 1260 g/mol. The summed E-state index contributed by atoms with van der Waals surface area (Å²) >= 11 is 0. The number of nitrogens with zero attached hydrogens (tertiary/aromatic N) is 18. The van der Waals surface area contributed by atoms with E-state index in [1.807, 2.05) is 41.5 Å². The van der Waals surface area contributed by atoms with Crippen LogP contribution < -0.4 is 33.1 Å². The highest BCUT2D eigenvalue weighted by molar-refractivity contribution is 5.81. The van der Waals surface area contributed by atoms with Crippen LogP contribution in [-0.2, 0) is 51.0 Å². The summed E-state index contributed by atoms with van der Waals surface area (Å²) in [4.78, 5) is 88.6. The first-order valence-corrected chi connectivity index (χ1v) is 33.4. The number of carbonyl (C=O) groups is 2. The molecule has 34 heteroatoms. The zero-order chi connectivity index (χ0) is 71.1. The molecule has 534 valence electrons. The largest absolute Gasteiger partial charge is 0.379 e. The van der Waals surface area contributed by atoms with E-state index in [-0.39, 0.29) is 47.5 Å². The third-order valence-corrected chi connectivity index (χ3v) is 16.5. The normalized spacial score (nSPS) is 24.9. The molecule has 8 rings (SSSR count). The molecule has 4 amide bonds. The van der Waals surface area contributed by atoms with Gasteiger partial charge < -0.3 is 48.5 Å².